The van der Waals surface area contributed by atoms with Crippen LogP contribution in [0.5, 0.6) is 0 Å². The second-order valence-corrected chi connectivity index (χ2v) is 4.99. The molecular weight excluding hydrogens is 181 g/mol. The van der Waals surface area contributed by atoms with Crippen molar-refractivity contribution in [3.05, 3.63) is 11.9 Å². The van der Waals surface area contributed by atoms with E-state index in [0.29, 0.717) is 6.42 Å². The van der Waals surface area contributed by atoms with Crippen molar-refractivity contribution >= 4 is 15.4 Å². The zero-order valence-corrected chi connectivity index (χ0v) is 7.67. The van der Waals surface area contributed by atoms with Crippen LogP contribution in [-0.4, -0.2) is 23.8 Å². The molecule has 1 rings (SSSR count). The quantitative estimate of drug-likeness (QED) is 0.493. The molecule has 12 heavy (non-hydrogen) atoms. The molecule has 0 aromatic rings. The summed E-state index contributed by atoms with van der Waals surface area (Å²) in [5, 5.41) is 0. The Morgan fingerprint density at radius 2 is 2.33 bits per heavy atom. The summed E-state index contributed by atoms with van der Waals surface area (Å²) >= 11 is 0. The Kier molecular flexibility index (Phi) is 2.76. The van der Waals surface area contributed by atoms with E-state index < -0.39 is 7.60 Å². The molecule has 6 heteroatoms. The van der Waals surface area contributed by atoms with Crippen molar-refractivity contribution in [3.8, 4) is 0 Å². The smallest absolute Gasteiger partial charge is 0.324 e. The second kappa shape index (κ2) is 3.33. The summed E-state index contributed by atoms with van der Waals surface area (Å²) < 4.78 is 23.3. The normalized spacial score (nSPS) is 30.4. The van der Waals surface area contributed by atoms with E-state index in [4.69, 9.17) is 9.79 Å². The highest BCUT2D eigenvalue weighted by Gasteiger charge is 2.28. The molecule has 0 aromatic heterocycles. The molecule has 1 aliphatic rings. The van der Waals surface area contributed by atoms with Gasteiger partial charge in [-0.05, 0) is 24.2 Å². The lowest BCUT2D eigenvalue weighted by Gasteiger charge is -2.09. The lowest BCUT2D eigenvalue weighted by molar-refractivity contribution is 0.366. The third-order valence-electron chi connectivity index (χ3n) is 1.99. The molecule has 0 heterocycles. The zero-order valence-electron chi connectivity index (χ0n) is 6.77. The molecule has 1 aliphatic carbocycles. The molecule has 3 nitrogen and oxygen atoms in total. The summed E-state index contributed by atoms with van der Waals surface area (Å²) in [6.07, 6.45) is 1.60. The second-order valence-electron chi connectivity index (χ2n) is 3.30. The first-order chi connectivity index (χ1) is 5.38. The Morgan fingerprint density at radius 1 is 1.75 bits per heavy atom. The summed E-state index contributed by atoms with van der Waals surface area (Å²) in [5.41, 5.74) is 0. The van der Waals surface area contributed by atoms with E-state index in [9.17, 15) is 8.96 Å². The van der Waals surface area contributed by atoms with Crippen molar-refractivity contribution in [2.24, 2.45) is 5.92 Å². The number of allylic oxidation sites excluding steroid dienone is 2. The predicted molar refractivity (Wildman–Crippen MR) is 46.5 cm³/mol. The maximum absolute atomic E-state index is 12.8. The molecule has 2 N–H and O–H groups in total. The number of halogens is 1. The van der Waals surface area contributed by atoms with Gasteiger partial charge in [0.1, 0.15) is 7.85 Å². The highest BCUT2D eigenvalue weighted by Crippen LogP contribution is 2.43. The van der Waals surface area contributed by atoms with E-state index in [1.54, 1.807) is 7.85 Å². The van der Waals surface area contributed by atoms with E-state index in [-0.39, 0.29) is 23.7 Å². The Labute approximate surface area is 71.2 Å². The third kappa shape index (κ3) is 2.74. The molecule has 0 spiro atoms. The van der Waals surface area contributed by atoms with Gasteiger partial charge in [-0.25, -0.2) is 4.39 Å². The fourth-order valence-corrected chi connectivity index (χ4v) is 2.32. The van der Waals surface area contributed by atoms with Crippen molar-refractivity contribution in [3.63, 3.8) is 0 Å². The van der Waals surface area contributed by atoms with Crippen molar-refractivity contribution in [2.45, 2.75) is 12.2 Å². The lowest BCUT2D eigenvalue weighted by atomic mass is 9.85. The zero-order chi connectivity index (χ0) is 9.35. The van der Waals surface area contributed by atoms with Gasteiger partial charge in [-0.2, -0.15) is 0 Å². The number of hydrogen-bond donors (Lipinski definition) is 2. The predicted octanol–water partition coefficient (Wildman–Crippen LogP) is 0.459. The van der Waals surface area contributed by atoms with Crippen LogP contribution in [0.2, 0.25) is 5.82 Å². The van der Waals surface area contributed by atoms with Gasteiger partial charge < -0.3 is 9.79 Å². The molecule has 0 aliphatic heterocycles. The van der Waals surface area contributed by atoms with Crippen LogP contribution in [0, 0.1) is 5.92 Å². The Balaban J connectivity index is 2.54. The molecule has 0 amide bonds. The first-order valence-corrected chi connectivity index (χ1v) is 5.60. The van der Waals surface area contributed by atoms with Crippen molar-refractivity contribution < 1.29 is 18.7 Å². The summed E-state index contributed by atoms with van der Waals surface area (Å²) in [7, 11) is -2.27. The minimum Gasteiger partial charge on any atom is -0.324 e. The Morgan fingerprint density at radius 3 is 2.67 bits per heavy atom. The van der Waals surface area contributed by atoms with Crippen LogP contribution >= 0.6 is 7.60 Å². The molecule has 0 bridgehead atoms. The van der Waals surface area contributed by atoms with Crippen LogP contribution in [0.15, 0.2) is 11.9 Å². The van der Waals surface area contributed by atoms with Gasteiger partial charge in [-0.15, -0.1) is 0 Å². The molecule has 0 saturated heterocycles. The molecule has 0 fully saturated rings. The topological polar surface area (TPSA) is 57.5 Å². The SMILES string of the molecule is BC1CC(CP(=O)(O)O)C=C1F. The van der Waals surface area contributed by atoms with Gasteiger partial charge in [-0.3, -0.25) is 4.57 Å². The van der Waals surface area contributed by atoms with Crippen molar-refractivity contribution in [1.29, 1.82) is 0 Å². The largest absolute Gasteiger partial charge is 0.326 e. The maximum Gasteiger partial charge on any atom is 0.326 e. The molecule has 0 aromatic carbocycles. The van der Waals surface area contributed by atoms with Gasteiger partial charge in [0.05, 0.1) is 12.0 Å². The van der Waals surface area contributed by atoms with Gasteiger partial charge >= 0.3 is 7.60 Å². The Hall–Kier alpha value is -0.115. The van der Waals surface area contributed by atoms with E-state index >= 15 is 0 Å². The average Bonchev–Trinajstić information content (AvgIpc) is 2.07. The molecular formula is C6H11BFO3P. The average molecular weight is 192 g/mol. The molecule has 2 atom stereocenters. The number of rotatable bonds is 2. The van der Waals surface area contributed by atoms with E-state index in [2.05, 4.69) is 0 Å². The maximum atomic E-state index is 12.8. The van der Waals surface area contributed by atoms with Crippen LogP contribution in [0.4, 0.5) is 4.39 Å². The summed E-state index contributed by atoms with van der Waals surface area (Å²) in [6.45, 7) is 0. The standard InChI is InChI=1S/C6H11BFO3P/c7-5-1-4(2-6(5)8)3-12(9,10)11/h2,4-5H,1,3,7H2,(H2,9,10,11). The van der Waals surface area contributed by atoms with Crippen LogP contribution in [0.3, 0.4) is 0 Å². The fraction of sp³-hybridized carbons (Fsp3) is 0.667. The molecule has 0 saturated carbocycles. The first kappa shape index (κ1) is 9.97. The monoisotopic (exact) mass is 192 g/mol. The summed E-state index contributed by atoms with van der Waals surface area (Å²) in [5.74, 6) is -0.712. The van der Waals surface area contributed by atoms with E-state index in [0.717, 1.165) is 0 Å². The van der Waals surface area contributed by atoms with Gasteiger partial charge in [-0.1, -0.05) is 0 Å². The van der Waals surface area contributed by atoms with E-state index in [1.807, 2.05) is 0 Å². The van der Waals surface area contributed by atoms with Crippen molar-refractivity contribution in [2.75, 3.05) is 6.16 Å². The van der Waals surface area contributed by atoms with Crippen LogP contribution < -0.4 is 0 Å². The van der Waals surface area contributed by atoms with Gasteiger partial charge in [0.15, 0.2) is 0 Å². The van der Waals surface area contributed by atoms with Gasteiger partial charge in [0.2, 0.25) is 0 Å². The van der Waals surface area contributed by atoms with E-state index in [1.165, 1.54) is 6.08 Å². The fourth-order valence-electron chi connectivity index (χ4n) is 1.46. The highest BCUT2D eigenvalue weighted by atomic mass is 31.2. The highest BCUT2D eigenvalue weighted by molar-refractivity contribution is 7.51. The lowest BCUT2D eigenvalue weighted by Crippen LogP contribution is -2.01. The van der Waals surface area contributed by atoms with Crippen molar-refractivity contribution in [1.82, 2.24) is 0 Å². The molecule has 2 unspecified atom stereocenters. The minimum absolute atomic E-state index is 0.179. The van der Waals surface area contributed by atoms with Crippen LogP contribution in [0.1, 0.15) is 6.42 Å². The summed E-state index contributed by atoms with van der Waals surface area (Å²) in [6, 6.07) is 0. The molecule has 68 valence electrons. The van der Waals surface area contributed by atoms with Gasteiger partial charge in [0.25, 0.3) is 0 Å². The van der Waals surface area contributed by atoms with Gasteiger partial charge in [0, 0.05) is 0 Å². The van der Waals surface area contributed by atoms with Crippen LogP contribution in [0.25, 0.3) is 0 Å². The third-order valence-corrected chi connectivity index (χ3v) is 2.94. The Bertz CT molecular complexity index is 249. The molecule has 0 radical (unpaired) electrons. The minimum atomic E-state index is -3.98. The number of hydrogen-bond acceptors (Lipinski definition) is 1. The van der Waals surface area contributed by atoms with Crippen LogP contribution in [-0.2, 0) is 4.57 Å². The summed E-state index contributed by atoms with van der Waals surface area (Å²) in [4.78, 5) is 17.2. The first-order valence-electron chi connectivity index (χ1n) is 3.80.